The normalized spacial score (nSPS) is 14.8. The van der Waals surface area contributed by atoms with Crippen LogP contribution >= 0.6 is 0 Å². The van der Waals surface area contributed by atoms with E-state index < -0.39 is 10.1 Å². The molecule has 3 N–H and O–H groups in total. The van der Waals surface area contributed by atoms with E-state index >= 15 is 0 Å². The van der Waals surface area contributed by atoms with Crippen LogP contribution < -0.4 is 5.73 Å². The molecular weight excluding hydrogens is 166 g/mol. The van der Waals surface area contributed by atoms with Crippen LogP contribution in [0.2, 0.25) is 0 Å². The molecule has 0 aromatic carbocycles. The zero-order valence-corrected chi connectivity index (χ0v) is 7.47. The van der Waals surface area contributed by atoms with Gasteiger partial charge in [0.1, 0.15) is 0 Å². The molecule has 4 nitrogen and oxygen atoms in total. The van der Waals surface area contributed by atoms with Gasteiger partial charge in [0.2, 0.25) is 0 Å². The zero-order chi connectivity index (χ0) is 8.91. The van der Waals surface area contributed by atoms with Gasteiger partial charge in [-0.1, -0.05) is 6.42 Å². The Kier molecular flexibility index (Phi) is 4.63. The maximum Gasteiger partial charge on any atom is 0.264 e. The Morgan fingerprint density at radius 3 is 2.36 bits per heavy atom. The van der Waals surface area contributed by atoms with E-state index in [1.165, 1.54) is 0 Å². The molecule has 5 heteroatoms. The second kappa shape index (κ2) is 4.69. The van der Waals surface area contributed by atoms with Crippen LogP contribution in [0.5, 0.6) is 0 Å². The van der Waals surface area contributed by atoms with E-state index in [9.17, 15) is 8.42 Å². The van der Waals surface area contributed by atoms with Gasteiger partial charge in [-0.3, -0.25) is 4.55 Å². The lowest BCUT2D eigenvalue weighted by atomic mass is 10.2. The lowest BCUT2D eigenvalue weighted by Gasteiger charge is -2.02. The molecule has 0 bridgehead atoms. The number of nitrogens with two attached hydrogens (primary N) is 1. The molecule has 0 aromatic heterocycles. The number of unbranched alkanes of at least 4 members (excludes halogenated alkanes) is 1. The molecule has 0 saturated heterocycles. The first-order chi connectivity index (χ1) is 4.92. The summed E-state index contributed by atoms with van der Waals surface area (Å²) in [4.78, 5) is 0. The van der Waals surface area contributed by atoms with Gasteiger partial charge in [-0.05, 0) is 19.8 Å². The largest absolute Gasteiger partial charge is 0.328 e. The van der Waals surface area contributed by atoms with E-state index in [0.717, 1.165) is 12.8 Å². The van der Waals surface area contributed by atoms with Gasteiger partial charge in [-0.25, -0.2) is 0 Å². The molecule has 1 atom stereocenters. The van der Waals surface area contributed by atoms with E-state index in [2.05, 4.69) is 0 Å². The summed E-state index contributed by atoms with van der Waals surface area (Å²) in [5, 5.41) is 0. The highest BCUT2D eigenvalue weighted by Crippen LogP contribution is 2.00. The summed E-state index contributed by atoms with van der Waals surface area (Å²) in [6, 6.07) is 0.108. The van der Waals surface area contributed by atoms with Crippen LogP contribution in [-0.2, 0) is 10.1 Å². The summed E-state index contributed by atoms with van der Waals surface area (Å²) in [7, 11) is -3.76. The fourth-order valence-corrected chi connectivity index (χ4v) is 1.32. The van der Waals surface area contributed by atoms with Gasteiger partial charge in [-0.2, -0.15) is 8.42 Å². The molecule has 0 aliphatic rings. The molecule has 0 rings (SSSR count). The highest BCUT2D eigenvalue weighted by atomic mass is 32.2. The lowest BCUT2D eigenvalue weighted by molar-refractivity contribution is 0.478. The van der Waals surface area contributed by atoms with Crippen LogP contribution in [-0.4, -0.2) is 24.8 Å². The molecule has 0 amide bonds. The maximum atomic E-state index is 10.2. The number of rotatable bonds is 5. The molecule has 0 heterocycles. The van der Waals surface area contributed by atoms with Crippen LogP contribution in [0.15, 0.2) is 0 Å². The Morgan fingerprint density at radius 2 is 2.00 bits per heavy atom. The van der Waals surface area contributed by atoms with Crippen LogP contribution in [0, 0.1) is 0 Å². The van der Waals surface area contributed by atoms with Gasteiger partial charge in [0.05, 0.1) is 5.75 Å². The number of hydrogen-bond acceptors (Lipinski definition) is 3. The Balaban J connectivity index is 3.30. The molecule has 0 saturated carbocycles. The molecule has 0 aliphatic carbocycles. The standard InChI is InChI=1S/C6H15NO3S/c1-6(7)4-2-3-5-11(8,9)10/h6H,2-5,7H2,1H3,(H,8,9,10). The minimum absolute atomic E-state index is 0.108. The Labute approximate surface area is 67.5 Å². The SMILES string of the molecule is CC(N)CCCCS(=O)(=O)O. The van der Waals surface area contributed by atoms with Crippen LogP contribution in [0.4, 0.5) is 0 Å². The van der Waals surface area contributed by atoms with Crippen LogP contribution in [0.25, 0.3) is 0 Å². The Hall–Kier alpha value is -0.130. The smallest absolute Gasteiger partial charge is 0.264 e. The van der Waals surface area contributed by atoms with Crippen molar-refractivity contribution in [3.63, 3.8) is 0 Å². The first kappa shape index (κ1) is 10.9. The lowest BCUT2D eigenvalue weighted by Crippen LogP contribution is -2.14. The molecule has 11 heavy (non-hydrogen) atoms. The van der Waals surface area contributed by atoms with Crippen molar-refractivity contribution in [2.24, 2.45) is 5.73 Å². The van der Waals surface area contributed by atoms with Crippen molar-refractivity contribution in [1.29, 1.82) is 0 Å². The van der Waals surface area contributed by atoms with Gasteiger partial charge >= 0.3 is 0 Å². The minimum Gasteiger partial charge on any atom is -0.328 e. The van der Waals surface area contributed by atoms with Crippen molar-refractivity contribution in [3.05, 3.63) is 0 Å². The van der Waals surface area contributed by atoms with Crippen LogP contribution in [0.1, 0.15) is 26.2 Å². The fraction of sp³-hybridized carbons (Fsp3) is 1.00. The molecule has 0 aliphatic heterocycles. The Bertz CT molecular complexity index is 186. The molecular formula is C6H15NO3S. The third-order valence-electron chi connectivity index (χ3n) is 1.31. The summed E-state index contributed by atoms with van der Waals surface area (Å²) in [5.41, 5.74) is 5.43. The third kappa shape index (κ3) is 9.87. The summed E-state index contributed by atoms with van der Waals surface area (Å²) < 4.78 is 28.7. The second-order valence-electron chi connectivity index (χ2n) is 2.76. The molecule has 0 spiro atoms. The third-order valence-corrected chi connectivity index (χ3v) is 2.12. The first-order valence-electron chi connectivity index (χ1n) is 3.62. The topological polar surface area (TPSA) is 80.4 Å². The highest BCUT2D eigenvalue weighted by Gasteiger charge is 2.03. The van der Waals surface area contributed by atoms with E-state index in [1.807, 2.05) is 6.92 Å². The average molecular weight is 181 g/mol. The van der Waals surface area contributed by atoms with Crippen molar-refractivity contribution in [3.8, 4) is 0 Å². The van der Waals surface area contributed by atoms with Crippen LogP contribution in [0.3, 0.4) is 0 Å². The van der Waals surface area contributed by atoms with Gasteiger partial charge in [0, 0.05) is 6.04 Å². The van der Waals surface area contributed by atoms with Crippen molar-refractivity contribution < 1.29 is 13.0 Å². The molecule has 0 aromatic rings. The quantitative estimate of drug-likeness (QED) is 0.475. The predicted molar refractivity (Wildman–Crippen MR) is 43.9 cm³/mol. The van der Waals surface area contributed by atoms with Crippen molar-refractivity contribution in [1.82, 2.24) is 0 Å². The maximum absolute atomic E-state index is 10.2. The van der Waals surface area contributed by atoms with Crippen molar-refractivity contribution >= 4 is 10.1 Å². The summed E-state index contributed by atoms with van der Waals surface area (Å²) >= 11 is 0. The van der Waals surface area contributed by atoms with E-state index in [1.54, 1.807) is 0 Å². The zero-order valence-electron chi connectivity index (χ0n) is 6.66. The van der Waals surface area contributed by atoms with Gasteiger partial charge < -0.3 is 5.73 Å². The van der Waals surface area contributed by atoms with Crippen molar-refractivity contribution in [2.75, 3.05) is 5.75 Å². The minimum atomic E-state index is -3.76. The second-order valence-corrected chi connectivity index (χ2v) is 4.33. The van der Waals surface area contributed by atoms with E-state index in [0.29, 0.717) is 6.42 Å². The molecule has 0 radical (unpaired) electrons. The summed E-state index contributed by atoms with van der Waals surface area (Å²) in [6.45, 7) is 1.87. The molecule has 1 unspecified atom stereocenters. The number of hydrogen-bond donors (Lipinski definition) is 2. The Morgan fingerprint density at radius 1 is 1.45 bits per heavy atom. The fourth-order valence-electron chi connectivity index (χ4n) is 0.751. The summed E-state index contributed by atoms with van der Waals surface area (Å²) in [5.74, 6) is -0.153. The monoisotopic (exact) mass is 181 g/mol. The molecule has 68 valence electrons. The van der Waals surface area contributed by atoms with E-state index in [-0.39, 0.29) is 11.8 Å². The van der Waals surface area contributed by atoms with E-state index in [4.69, 9.17) is 10.3 Å². The summed E-state index contributed by atoms with van der Waals surface area (Å²) in [6.07, 6.45) is 2.04. The predicted octanol–water partition coefficient (Wildman–Crippen LogP) is 0.392. The first-order valence-corrected chi connectivity index (χ1v) is 5.23. The van der Waals surface area contributed by atoms with Gasteiger partial charge in [0.25, 0.3) is 10.1 Å². The van der Waals surface area contributed by atoms with Crippen molar-refractivity contribution in [2.45, 2.75) is 32.2 Å². The average Bonchev–Trinajstić information content (AvgIpc) is 1.78. The van der Waals surface area contributed by atoms with Gasteiger partial charge in [0.15, 0.2) is 0 Å². The van der Waals surface area contributed by atoms with Gasteiger partial charge in [-0.15, -0.1) is 0 Å². The highest BCUT2D eigenvalue weighted by molar-refractivity contribution is 7.85. The molecule has 0 fully saturated rings.